The van der Waals surface area contributed by atoms with E-state index in [-0.39, 0.29) is 0 Å². The van der Waals surface area contributed by atoms with E-state index in [1.165, 1.54) is 76.7 Å². The van der Waals surface area contributed by atoms with Crippen molar-refractivity contribution < 1.29 is 17.6 Å². The number of unbranched alkanes of at least 4 members (excludes halogenated alkanes) is 5. The Morgan fingerprint density at radius 3 is 2.04 bits per heavy atom. The topological polar surface area (TPSA) is 0 Å². The number of hydrogen-bond donors (Lipinski definition) is 0. The third kappa shape index (κ3) is 7.83. The van der Waals surface area contributed by atoms with E-state index in [1.54, 1.807) is 0 Å². The molecule has 0 amide bonds. The highest BCUT2D eigenvalue weighted by Gasteiger charge is 2.31. The summed E-state index contributed by atoms with van der Waals surface area (Å²) in [5.41, 5.74) is -0.490. The molecule has 1 fully saturated rings. The van der Waals surface area contributed by atoms with Crippen molar-refractivity contribution >= 4 is 0 Å². The van der Waals surface area contributed by atoms with Crippen molar-refractivity contribution in [3.63, 3.8) is 0 Å². The molecule has 0 saturated heterocycles. The molecule has 0 aromatic heterocycles. The van der Waals surface area contributed by atoms with E-state index in [9.17, 15) is 17.6 Å². The molecule has 0 spiro atoms. The zero-order chi connectivity index (χ0) is 19.7. The number of aryl methyl sites for hydroxylation is 1. The molecular formula is C23H34F4. The maximum Gasteiger partial charge on any atom is 0.416 e. The minimum atomic E-state index is -4.48. The van der Waals surface area contributed by atoms with E-state index in [1.807, 2.05) is 0 Å². The molecule has 27 heavy (non-hydrogen) atoms. The van der Waals surface area contributed by atoms with Gasteiger partial charge in [0, 0.05) is 0 Å². The van der Waals surface area contributed by atoms with E-state index in [2.05, 4.69) is 6.92 Å². The van der Waals surface area contributed by atoms with Crippen LogP contribution in [0.25, 0.3) is 0 Å². The van der Waals surface area contributed by atoms with Crippen LogP contribution in [-0.2, 0) is 12.6 Å². The minimum absolute atomic E-state index is 0.414. The normalized spacial score (nSPS) is 20.8. The predicted molar refractivity (Wildman–Crippen MR) is 103 cm³/mol. The van der Waals surface area contributed by atoms with Gasteiger partial charge in [0.25, 0.3) is 0 Å². The first-order valence-corrected chi connectivity index (χ1v) is 10.8. The van der Waals surface area contributed by atoms with Gasteiger partial charge < -0.3 is 0 Å². The van der Waals surface area contributed by atoms with Crippen LogP contribution in [0.4, 0.5) is 17.6 Å². The van der Waals surface area contributed by atoms with Crippen molar-refractivity contribution in [1.82, 2.24) is 0 Å². The standard InChI is InChI=1S/C23H34F4/c1-2-3-4-5-6-7-8-18-9-11-19(12-10-18)13-14-20-15-16-21(17-22(20)24)23(25,26)27/h15-19H,2-14H2,1H3. The highest BCUT2D eigenvalue weighted by Crippen LogP contribution is 2.35. The van der Waals surface area contributed by atoms with E-state index in [4.69, 9.17) is 0 Å². The summed E-state index contributed by atoms with van der Waals surface area (Å²) >= 11 is 0. The highest BCUT2D eigenvalue weighted by atomic mass is 19.4. The van der Waals surface area contributed by atoms with Crippen LogP contribution in [-0.4, -0.2) is 0 Å². The Hall–Kier alpha value is -1.06. The number of benzene rings is 1. The van der Waals surface area contributed by atoms with Gasteiger partial charge in [0.2, 0.25) is 0 Å². The van der Waals surface area contributed by atoms with Gasteiger partial charge >= 0.3 is 6.18 Å². The molecule has 0 unspecified atom stereocenters. The summed E-state index contributed by atoms with van der Waals surface area (Å²) in [6.07, 6.45) is 11.2. The lowest BCUT2D eigenvalue weighted by Crippen LogP contribution is -2.15. The molecule has 4 heteroatoms. The molecule has 1 aromatic carbocycles. The Labute approximate surface area is 161 Å². The van der Waals surface area contributed by atoms with Crippen LogP contribution in [0.5, 0.6) is 0 Å². The van der Waals surface area contributed by atoms with E-state index in [0.29, 0.717) is 24.0 Å². The lowest BCUT2D eigenvalue weighted by molar-refractivity contribution is -0.137. The van der Waals surface area contributed by atoms with Crippen molar-refractivity contribution in [2.75, 3.05) is 0 Å². The molecule has 1 aliphatic rings. The third-order valence-electron chi connectivity index (χ3n) is 6.13. The highest BCUT2D eigenvalue weighted by molar-refractivity contribution is 5.26. The fraction of sp³-hybridized carbons (Fsp3) is 0.739. The predicted octanol–water partition coefficient (Wildman–Crippen LogP) is 8.33. The van der Waals surface area contributed by atoms with E-state index in [0.717, 1.165) is 18.4 Å². The number of halogens is 4. The van der Waals surface area contributed by atoms with Gasteiger partial charge in [-0.25, -0.2) is 4.39 Å². The van der Waals surface area contributed by atoms with Gasteiger partial charge in [-0.3, -0.25) is 0 Å². The summed E-state index contributed by atoms with van der Waals surface area (Å²) < 4.78 is 51.8. The average Bonchev–Trinajstić information content (AvgIpc) is 2.64. The van der Waals surface area contributed by atoms with Gasteiger partial charge in [0.15, 0.2) is 0 Å². The fourth-order valence-electron chi connectivity index (χ4n) is 4.31. The Morgan fingerprint density at radius 1 is 0.852 bits per heavy atom. The Kier molecular flexibility index (Phi) is 9.11. The maximum atomic E-state index is 13.9. The number of hydrogen-bond acceptors (Lipinski definition) is 0. The van der Waals surface area contributed by atoms with Gasteiger partial charge in [-0.15, -0.1) is 0 Å². The Bertz CT molecular complexity index is 542. The van der Waals surface area contributed by atoms with Crippen LogP contribution in [0, 0.1) is 17.7 Å². The summed E-state index contributed by atoms with van der Waals surface area (Å²) in [5, 5.41) is 0. The van der Waals surface area contributed by atoms with Crippen molar-refractivity contribution in [3.8, 4) is 0 Å². The summed E-state index contributed by atoms with van der Waals surface area (Å²) in [4.78, 5) is 0. The van der Waals surface area contributed by atoms with Gasteiger partial charge in [0.05, 0.1) is 5.56 Å². The van der Waals surface area contributed by atoms with Crippen LogP contribution in [0.15, 0.2) is 18.2 Å². The van der Waals surface area contributed by atoms with Crippen molar-refractivity contribution in [1.29, 1.82) is 0 Å². The van der Waals surface area contributed by atoms with Gasteiger partial charge in [-0.05, 0) is 42.4 Å². The first-order valence-electron chi connectivity index (χ1n) is 10.8. The molecule has 0 nitrogen and oxygen atoms in total. The first-order chi connectivity index (χ1) is 12.9. The lowest BCUT2D eigenvalue weighted by Gasteiger charge is -2.28. The van der Waals surface area contributed by atoms with Crippen LogP contribution < -0.4 is 0 Å². The fourth-order valence-corrected chi connectivity index (χ4v) is 4.31. The zero-order valence-corrected chi connectivity index (χ0v) is 16.6. The van der Waals surface area contributed by atoms with Crippen LogP contribution in [0.2, 0.25) is 0 Å². The quantitative estimate of drug-likeness (QED) is 0.280. The summed E-state index contributed by atoms with van der Waals surface area (Å²) in [6, 6.07) is 2.94. The number of alkyl halides is 3. The molecule has 0 N–H and O–H groups in total. The summed E-state index contributed by atoms with van der Waals surface area (Å²) in [5.74, 6) is 0.712. The lowest BCUT2D eigenvalue weighted by atomic mass is 9.77. The van der Waals surface area contributed by atoms with Gasteiger partial charge in [-0.1, -0.05) is 83.6 Å². The molecule has 1 aromatic rings. The van der Waals surface area contributed by atoms with Crippen molar-refractivity contribution in [2.24, 2.45) is 11.8 Å². The molecule has 2 rings (SSSR count). The summed E-state index contributed by atoms with van der Waals surface area (Å²) in [6.45, 7) is 2.24. The second-order valence-electron chi connectivity index (χ2n) is 8.29. The smallest absolute Gasteiger partial charge is 0.207 e. The average molecular weight is 387 g/mol. The van der Waals surface area contributed by atoms with E-state index >= 15 is 0 Å². The second kappa shape index (κ2) is 11.1. The molecular weight excluding hydrogens is 352 g/mol. The van der Waals surface area contributed by atoms with Crippen molar-refractivity contribution in [2.45, 2.75) is 96.6 Å². The van der Waals surface area contributed by atoms with Crippen LogP contribution >= 0.6 is 0 Å². The molecule has 0 atom stereocenters. The minimum Gasteiger partial charge on any atom is -0.207 e. The SMILES string of the molecule is CCCCCCCCC1CCC(CCc2ccc(C(F)(F)F)cc2F)CC1. The molecule has 1 saturated carbocycles. The van der Waals surface area contributed by atoms with E-state index < -0.39 is 17.6 Å². The van der Waals surface area contributed by atoms with Crippen molar-refractivity contribution in [3.05, 3.63) is 35.1 Å². The summed E-state index contributed by atoms with van der Waals surface area (Å²) in [7, 11) is 0. The molecule has 0 heterocycles. The third-order valence-corrected chi connectivity index (χ3v) is 6.13. The van der Waals surface area contributed by atoms with Crippen LogP contribution in [0.1, 0.15) is 95.1 Å². The Balaban J connectivity index is 1.65. The largest absolute Gasteiger partial charge is 0.416 e. The molecule has 0 bridgehead atoms. The first kappa shape index (κ1) is 22.2. The molecule has 154 valence electrons. The monoisotopic (exact) mass is 386 g/mol. The van der Waals surface area contributed by atoms with Gasteiger partial charge in [-0.2, -0.15) is 13.2 Å². The van der Waals surface area contributed by atoms with Gasteiger partial charge in [0.1, 0.15) is 5.82 Å². The molecule has 0 aliphatic heterocycles. The maximum absolute atomic E-state index is 13.9. The zero-order valence-electron chi connectivity index (χ0n) is 16.6. The number of rotatable bonds is 10. The second-order valence-corrected chi connectivity index (χ2v) is 8.29. The molecule has 0 radical (unpaired) electrons. The van der Waals surface area contributed by atoms with Crippen LogP contribution in [0.3, 0.4) is 0 Å². The Morgan fingerprint density at radius 2 is 1.44 bits per heavy atom. The molecule has 1 aliphatic carbocycles.